The second-order valence-electron chi connectivity index (χ2n) is 7.00. The van der Waals surface area contributed by atoms with Gasteiger partial charge in [-0.3, -0.25) is 9.59 Å². The molecule has 2 saturated heterocycles. The van der Waals surface area contributed by atoms with Crippen molar-refractivity contribution >= 4 is 23.3 Å². The van der Waals surface area contributed by atoms with Crippen molar-refractivity contribution in [3.8, 4) is 0 Å². The first-order valence-electron chi connectivity index (χ1n) is 9.67. The first kappa shape index (κ1) is 18.4. The lowest BCUT2D eigenvalue weighted by atomic mass is 10.1. The maximum atomic E-state index is 12.4. The molecular weight excluding hydrogens is 356 g/mol. The van der Waals surface area contributed by atoms with E-state index in [0.29, 0.717) is 18.5 Å². The minimum atomic E-state index is -0.142. The van der Waals surface area contributed by atoms with Crippen LogP contribution < -0.4 is 15.1 Å². The third kappa shape index (κ3) is 4.14. The van der Waals surface area contributed by atoms with Gasteiger partial charge in [-0.25, -0.2) is 4.98 Å². The molecule has 1 aromatic heterocycles. The van der Waals surface area contributed by atoms with E-state index >= 15 is 0 Å². The van der Waals surface area contributed by atoms with Crippen LogP contribution in [-0.2, 0) is 16.1 Å². The molecule has 7 heteroatoms. The van der Waals surface area contributed by atoms with Crippen LogP contribution in [0.15, 0.2) is 42.6 Å². The van der Waals surface area contributed by atoms with Crippen LogP contribution in [0.4, 0.5) is 11.5 Å². The lowest BCUT2D eigenvalue weighted by Crippen LogP contribution is -2.36. The monoisotopic (exact) mass is 380 g/mol. The van der Waals surface area contributed by atoms with Gasteiger partial charge in [-0.2, -0.15) is 0 Å². The van der Waals surface area contributed by atoms with Crippen molar-refractivity contribution in [3.63, 3.8) is 0 Å². The van der Waals surface area contributed by atoms with Gasteiger partial charge in [0.1, 0.15) is 5.82 Å². The summed E-state index contributed by atoms with van der Waals surface area (Å²) in [4.78, 5) is 32.7. The van der Waals surface area contributed by atoms with E-state index in [4.69, 9.17) is 4.74 Å². The van der Waals surface area contributed by atoms with E-state index in [9.17, 15) is 9.59 Å². The van der Waals surface area contributed by atoms with Crippen LogP contribution in [-0.4, -0.2) is 49.6 Å². The molecule has 0 saturated carbocycles. The number of hydrogen-bond acceptors (Lipinski definition) is 5. The summed E-state index contributed by atoms with van der Waals surface area (Å²) in [5, 5.41) is 2.92. The molecule has 0 aliphatic carbocycles. The molecule has 2 aliphatic heterocycles. The summed E-state index contributed by atoms with van der Waals surface area (Å²) in [5.41, 5.74) is 2.37. The third-order valence-corrected chi connectivity index (χ3v) is 5.11. The molecule has 1 N–H and O–H groups in total. The molecule has 0 unspecified atom stereocenters. The summed E-state index contributed by atoms with van der Waals surface area (Å²) in [7, 11) is 0. The summed E-state index contributed by atoms with van der Waals surface area (Å²) in [6.45, 7) is 4.32. The van der Waals surface area contributed by atoms with E-state index in [1.54, 1.807) is 23.2 Å². The van der Waals surface area contributed by atoms with Gasteiger partial charge in [-0.1, -0.05) is 6.07 Å². The molecule has 2 aromatic rings. The molecule has 0 radical (unpaired) electrons. The van der Waals surface area contributed by atoms with Crippen LogP contribution in [0.5, 0.6) is 0 Å². The zero-order chi connectivity index (χ0) is 19.3. The Labute approximate surface area is 164 Å². The van der Waals surface area contributed by atoms with Crippen LogP contribution in [0.3, 0.4) is 0 Å². The molecule has 1 aromatic carbocycles. The van der Waals surface area contributed by atoms with E-state index in [-0.39, 0.29) is 11.8 Å². The molecule has 7 nitrogen and oxygen atoms in total. The normalized spacial score (nSPS) is 17.1. The SMILES string of the molecule is O=C(NCc1ccc(N2CCOCC2)nc1)c1ccc(N2CCCC2=O)cc1. The smallest absolute Gasteiger partial charge is 0.251 e. The lowest BCUT2D eigenvalue weighted by molar-refractivity contribution is -0.117. The fourth-order valence-corrected chi connectivity index (χ4v) is 3.50. The molecule has 3 heterocycles. The van der Waals surface area contributed by atoms with Crippen LogP contribution in [0.1, 0.15) is 28.8 Å². The highest BCUT2D eigenvalue weighted by molar-refractivity contribution is 5.97. The number of nitrogens with zero attached hydrogens (tertiary/aromatic N) is 3. The maximum absolute atomic E-state index is 12.4. The number of carbonyl (C=O) groups is 2. The number of morpholine rings is 1. The zero-order valence-electron chi connectivity index (χ0n) is 15.8. The fraction of sp³-hybridized carbons (Fsp3) is 0.381. The van der Waals surface area contributed by atoms with Gasteiger partial charge in [0.2, 0.25) is 5.91 Å². The van der Waals surface area contributed by atoms with Crippen molar-refractivity contribution in [2.75, 3.05) is 42.6 Å². The predicted octanol–water partition coefficient (Wildman–Crippen LogP) is 1.97. The molecule has 2 aliphatic rings. The first-order chi connectivity index (χ1) is 13.7. The van der Waals surface area contributed by atoms with E-state index in [2.05, 4.69) is 15.2 Å². The van der Waals surface area contributed by atoms with E-state index in [0.717, 1.165) is 56.3 Å². The Morgan fingerprint density at radius 1 is 1.07 bits per heavy atom. The van der Waals surface area contributed by atoms with Gasteiger partial charge >= 0.3 is 0 Å². The quantitative estimate of drug-likeness (QED) is 0.859. The Hall–Kier alpha value is -2.93. The first-order valence-corrected chi connectivity index (χ1v) is 9.67. The molecule has 2 fully saturated rings. The van der Waals surface area contributed by atoms with Gasteiger partial charge < -0.3 is 19.9 Å². The summed E-state index contributed by atoms with van der Waals surface area (Å²) in [6.07, 6.45) is 3.28. The Morgan fingerprint density at radius 3 is 2.50 bits per heavy atom. The second-order valence-corrected chi connectivity index (χ2v) is 7.00. The number of amides is 2. The maximum Gasteiger partial charge on any atom is 0.251 e. The Bertz CT molecular complexity index is 830. The number of aromatic nitrogens is 1. The van der Waals surface area contributed by atoms with E-state index in [1.807, 2.05) is 24.3 Å². The number of carbonyl (C=O) groups excluding carboxylic acids is 2. The number of anilines is 2. The summed E-state index contributed by atoms with van der Waals surface area (Å²) < 4.78 is 5.36. The topological polar surface area (TPSA) is 74.8 Å². The van der Waals surface area contributed by atoms with Crippen molar-refractivity contribution in [2.24, 2.45) is 0 Å². The van der Waals surface area contributed by atoms with E-state index in [1.165, 1.54) is 0 Å². The number of ether oxygens (including phenoxy) is 1. The van der Waals surface area contributed by atoms with Crippen LogP contribution in [0, 0.1) is 0 Å². The van der Waals surface area contributed by atoms with Gasteiger partial charge in [-0.05, 0) is 42.3 Å². The van der Waals surface area contributed by atoms with E-state index < -0.39 is 0 Å². The predicted molar refractivity (Wildman–Crippen MR) is 106 cm³/mol. The van der Waals surface area contributed by atoms with Crippen LogP contribution in [0.2, 0.25) is 0 Å². The largest absolute Gasteiger partial charge is 0.378 e. The average molecular weight is 380 g/mol. The van der Waals surface area contributed by atoms with Crippen molar-refractivity contribution in [1.29, 1.82) is 0 Å². The van der Waals surface area contributed by atoms with Crippen molar-refractivity contribution in [3.05, 3.63) is 53.7 Å². The number of benzene rings is 1. The van der Waals surface area contributed by atoms with Gasteiger partial charge in [0.15, 0.2) is 0 Å². The summed E-state index contributed by atoms with van der Waals surface area (Å²) in [5.74, 6) is 0.937. The number of nitrogens with one attached hydrogen (secondary N) is 1. The number of hydrogen-bond donors (Lipinski definition) is 1. The highest BCUT2D eigenvalue weighted by atomic mass is 16.5. The fourth-order valence-electron chi connectivity index (χ4n) is 3.50. The summed E-state index contributed by atoms with van der Waals surface area (Å²) in [6, 6.07) is 11.1. The lowest BCUT2D eigenvalue weighted by Gasteiger charge is -2.27. The molecule has 2 amide bonds. The van der Waals surface area contributed by atoms with Crippen LogP contribution >= 0.6 is 0 Å². The standard InChI is InChI=1S/C21H24N4O3/c26-20-2-1-9-25(20)18-6-4-17(5-7-18)21(27)23-15-16-3-8-19(22-14-16)24-10-12-28-13-11-24/h3-8,14H,1-2,9-13,15H2,(H,23,27). The number of pyridine rings is 1. The molecule has 146 valence electrons. The molecular formula is C21H24N4O3. The van der Waals surface area contributed by atoms with Gasteiger partial charge in [0.05, 0.1) is 13.2 Å². The Kier molecular flexibility index (Phi) is 5.53. The van der Waals surface area contributed by atoms with Crippen molar-refractivity contribution < 1.29 is 14.3 Å². The molecule has 0 spiro atoms. The minimum Gasteiger partial charge on any atom is -0.378 e. The number of rotatable bonds is 5. The minimum absolute atomic E-state index is 0.142. The molecule has 0 bridgehead atoms. The third-order valence-electron chi connectivity index (χ3n) is 5.11. The summed E-state index contributed by atoms with van der Waals surface area (Å²) >= 11 is 0. The highest BCUT2D eigenvalue weighted by Crippen LogP contribution is 2.21. The Morgan fingerprint density at radius 2 is 1.86 bits per heavy atom. The average Bonchev–Trinajstić information content (AvgIpc) is 3.19. The molecule has 28 heavy (non-hydrogen) atoms. The molecule has 4 rings (SSSR count). The van der Waals surface area contributed by atoms with Gasteiger partial charge in [0, 0.05) is 50.0 Å². The Balaban J connectivity index is 1.32. The van der Waals surface area contributed by atoms with Crippen molar-refractivity contribution in [1.82, 2.24) is 10.3 Å². The van der Waals surface area contributed by atoms with Crippen molar-refractivity contribution in [2.45, 2.75) is 19.4 Å². The van der Waals surface area contributed by atoms with Gasteiger partial charge in [-0.15, -0.1) is 0 Å². The molecule has 0 atom stereocenters. The van der Waals surface area contributed by atoms with Gasteiger partial charge in [0.25, 0.3) is 5.91 Å². The zero-order valence-corrected chi connectivity index (χ0v) is 15.8. The highest BCUT2D eigenvalue weighted by Gasteiger charge is 2.21. The second kappa shape index (κ2) is 8.39. The van der Waals surface area contributed by atoms with Crippen LogP contribution in [0.25, 0.3) is 0 Å².